The third-order valence-electron chi connectivity index (χ3n) is 5.74. The fourth-order valence-corrected chi connectivity index (χ4v) is 3.91. The molecule has 176 valence electrons. The maximum Gasteiger partial charge on any atom is 0.257 e. The largest absolute Gasteiger partial charge is 0.507 e. The summed E-state index contributed by atoms with van der Waals surface area (Å²) in [4.78, 5) is 39.5. The molecule has 0 unspecified atom stereocenters. The molecule has 3 amide bonds. The van der Waals surface area contributed by atoms with Crippen molar-refractivity contribution < 1.29 is 19.5 Å². The normalized spacial score (nSPS) is 15.6. The van der Waals surface area contributed by atoms with Gasteiger partial charge in [-0.3, -0.25) is 19.5 Å². The summed E-state index contributed by atoms with van der Waals surface area (Å²) in [6.45, 7) is 1.13. The molecule has 0 saturated heterocycles. The first-order valence-electron chi connectivity index (χ1n) is 11.3. The molecule has 3 aromatic rings. The first kappa shape index (κ1) is 23.0. The highest BCUT2D eigenvalue weighted by Gasteiger charge is 2.19. The molecule has 4 N–H and O–H groups in total. The summed E-state index contributed by atoms with van der Waals surface area (Å²) in [5.74, 6) is -0.613. The number of carbonyl (C=O) groups excluding carboxylic acids is 3. The molecule has 1 aliphatic rings. The summed E-state index contributed by atoms with van der Waals surface area (Å²) in [5, 5.41) is 22.6. The highest BCUT2D eigenvalue weighted by Crippen LogP contribution is 2.30. The van der Waals surface area contributed by atoms with Crippen LogP contribution in [0.1, 0.15) is 39.1 Å². The smallest absolute Gasteiger partial charge is 0.257 e. The van der Waals surface area contributed by atoms with Crippen molar-refractivity contribution in [1.29, 1.82) is 0 Å². The molecule has 4 bridgehead atoms. The van der Waals surface area contributed by atoms with Crippen molar-refractivity contribution in [3.8, 4) is 16.9 Å². The standard InChI is InChI=1S/C25H27N5O4/c31-22-7-6-17-8-10-26-23(32)16-30(25(34)20-14-28-29-15-20)11-2-1-9-27-24(33)19-5-3-4-18(13-19)21(22)12-17/h3-7,12-15,31H,1-2,8-11,16H2,(H,26,32)(H,27,33)(H,28,29). The van der Waals surface area contributed by atoms with E-state index < -0.39 is 0 Å². The zero-order chi connectivity index (χ0) is 23.9. The number of fused-ring (bicyclic) bond motifs is 5. The van der Waals surface area contributed by atoms with Crippen molar-refractivity contribution in [2.24, 2.45) is 0 Å². The zero-order valence-electron chi connectivity index (χ0n) is 18.7. The van der Waals surface area contributed by atoms with E-state index in [4.69, 9.17) is 0 Å². The minimum absolute atomic E-state index is 0.0677. The Morgan fingerprint density at radius 3 is 2.68 bits per heavy atom. The van der Waals surface area contributed by atoms with Gasteiger partial charge in [-0.05, 0) is 54.7 Å². The second kappa shape index (κ2) is 10.7. The summed E-state index contributed by atoms with van der Waals surface area (Å²) in [6.07, 6.45) is 4.75. The Hall–Kier alpha value is -4.14. The lowest BCUT2D eigenvalue weighted by Crippen LogP contribution is -2.41. The van der Waals surface area contributed by atoms with E-state index in [1.165, 1.54) is 17.3 Å². The predicted octanol–water partition coefficient (Wildman–Crippen LogP) is 2.11. The van der Waals surface area contributed by atoms with Crippen LogP contribution in [-0.2, 0) is 11.2 Å². The molecule has 0 aliphatic carbocycles. The number of aromatic nitrogens is 2. The van der Waals surface area contributed by atoms with Gasteiger partial charge in [-0.2, -0.15) is 5.10 Å². The number of nitrogens with zero attached hydrogens (tertiary/aromatic N) is 2. The molecule has 0 spiro atoms. The van der Waals surface area contributed by atoms with Crippen LogP contribution in [0.3, 0.4) is 0 Å². The summed E-state index contributed by atoms with van der Waals surface area (Å²) < 4.78 is 0. The number of H-pyrrole nitrogens is 1. The second-order valence-corrected chi connectivity index (χ2v) is 8.21. The van der Waals surface area contributed by atoms with Crippen molar-refractivity contribution in [3.05, 3.63) is 71.5 Å². The predicted molar refractivity (Wildman–Crippen MR) is 126 cm³/mol. The van der Waals surface area contributed by atoms with E-state index in [-0.39, 0.29) is 30.0 Å². The van der Waals surface area contributed by atoms with Crippen LogP contribution in [0.2, 0.25) is 0 Å². The molecule has 34 heavy (non-hydrogen) atoms. The number of aromatic amines is 1. The van der Waals surface area contributed by atoms with Crippen molar-refractivity contribution in [2.45, 2.75) is 19.3 Å². The van der Waals surface area contributed by atoms with E-state index in [0.717, 1.165) is 11.1 Å². The van der Waals surface area contributed by atoms with Gasteiger partial charge in [0.05, 0.1) is 18.3 Å². The van der Waals surface area contributed by atoms with Crippen LogP contribution in [0.4, 0.5) is 0 Å². The van der Waals surface area contributed by atoms with E-state index in [0.29, 0.717) is 55.6 Å². The molecular formula is C25H27N5O4. The van der Waals surface area contributed by atoms with Crippen LogP contribution in [0, 0.1) is 0 Å². The van der Waals surface area contributed by atoms with E-state index >= 15 is 0 Å². The number of amides is 3. The fraction of sp³-hybridized carbons (Fsp3) is 0.280. The summed E-state index contributed by atoms with van der Waals surface area (Å²) in [7, 11) is 0. The van der Waals surface area contributed by atoms with E-state index in [2.05, 4.69) is 20.8 Å². The average molecular weight is 462 g/mol. The number of hydrogen-bond acceptors (Lipinski definition) is 5. The van der Waals surface area contributed by atoms with Crippen molar-refractivity contribution in [2.75, 3.05) is 26.2 Å². The number of benzene rings is 2. The van der Waals surface area contributed by atoms with Gasteiger partial charge in [0.2, 0.25) is 5.91 Å². The number of hydrogen-bond donors (Lipinski definition) is 4. The Balaban J connectivity index is 1.55. The molecule has 2 heterocycles. The number of nitrogens with one attached hydrogen (secondary N) is 3. The van der Waals surface area contributed by atoms with Gasteiger partial charge in [0, 0.05) is 37.0 Å². The minimum Gasteiger partial charge on any atom is -0.507 e. The Morgan fingerprint density at radius 1 is 1.00 bits per heavy atom. The molecular weight excluding hydrogens is 434 g/mol. The van der Waals surface area contributed by atoms with Crippen LogP contribution in [0.25, 0.3) is 11.1 Å². The maximum absolute atomic E-state index is 12.8. The van der Waals surface area contributed by atoms with Gasteiger partial charge in [-0.1, -0.05) is 18.2 Å². The molecule has 2 aromatic carbocycles. The summed E-state index contributed by atoms with van der Waals surface area (Å²) in [5.41, 5.74) is 3.18. The van der Waals surface area contributed by atoms with Gasteiger partial charge >= 0.3 is 0 Å². The lowest BCUT2D eigenvalue weighted by atomic mass is 9.98. The first-order chi connectivity index (χ1) is 16.5. The molecule has 4 rings (SSSR count). The molecule has 0 radical (unpaired) electrons. The number of phenolic OH excluding ortho intramolecular Hbond substituents is 1. The number of phenols is 1. The maximum atomic E-state index is 12.8. The Kier molecular flexibility index (Phi) is 7.22. The third kappa shape index (κ3) is 5.61. The molecule has 0 atom stereocenters. The van der Waals surface area contributed by atoms with E-state index in [1.54, 1.807) is 30.3 Å². The molecule has 0 saturated carbocycles. The van der Waals surface area contributed by atoms with Gasteiger partial charge in [-0.25, -0.2) is 0 Å². The van der Waals surface area contributed by atoms with Gasteiger partial charge in [0.25, 0.3) is 11.8 Å². The highest BCUT2D eigenvalue weighted by molar-refractivity contribution is 5.96. The first-order valence-corrected chi connectivity index (χ1v) is 11.3. The van der Waals surface area contributed by atoms with Crippen LogP contribution in [0.5, 0.6) is 5.75 Å². The van der Waals surface area contributed by atoms with Gasteiger partial charge in [0.1, 0.15) is 5.75 Å². The highest BCUT2D eigenvalue weighted by atomic mass is 16.3. The van der Waals surface area contributed by atoms with Crippen LogP contribution in [-0.4, -0.2) is 64.1 Å². The second-order valence-electron chi connectivity index (χ2n) is 8.21. The fourth-order valence-electron chi connectivity index (χ4n) is 3.91. The van der Waals surface area contributed by atoms with Crippen molar-refractivity contribution in [1.82, 2.24) is 25.7 Å². The monoisotopic (exact) mass is 461 g/mol. The number of carbonyl (C=O) groups is 3. The molecule has 0 fully saturated rings. The molecule has 1 aliphatic heterocycles. The van der Waals surface area contributed by atoms with Gasteiger partial charge in [-0.15, -0.1) is 0 Å². The Morgan fingerprint density at radius 2 is 1.85 bits per heavy atom. The summed E-state index contributed by atoms with van der Waals surface area (Å²) >= 11 is 0. The van der Waals surface area contributed by atoms with Crippen molar-refractivity contribution in [3.63, 3.8) is 0 Å². The van der Waals surface area contributed by atoms with Crippen molar-refractivity contribution >= 4 is 17.7 Å². The quantitative estimate of drug-likeness (QED) is 0.441. The molecule has 9 nitrogen and oxygen atoms in total. The van der Waals surface area contributed by atoms with Gasteiger partial charge in [0.15, 0.2) is 0 Å². The third-order valence-corrected chi connectivity index (χ3v) is 5.74. The van der Waals surface area contributed by atoms with Crippen LogP contribution in [0.15, 0.2) is 54.9 Å². The molecule has 9 heteroatoms. The Bertz CT molecular complexity index is 1180. The zero-order valence-corrected chi connectivity index (χ0v) is 18.7. The van der Waals surface area contributed by atoms with E-state index in [9.17, 15) is 19.5 Å². The number of aromatic hydroxyl groups is 1. The SMILES string of the molecule is O=C1CN(C(=O)c2cn[nH]c2)CCCCNC(=O)c2cccc(c2)-c2cc(ccc2O)CCN1. The molecule has 1 aromatic heterocycles. The van der Waals surface area contributed by atoms with Crippen LogP contribution < -0.4 is 10.6 Å². The lowest BCUT2D eigenvalue weighted by Gasteiger charge is -2.22. The Labute approximate surface area is 197 Å². The summed E-state index contributed by atoms with van der Waals surface area (Å²) in [6, 6.07) is 12.4. The minimum atomic E-state index is -0.276. The topological polar surface area (TPSA) is 127 Å². The van der Waals surface area contributed by atoms with E-state index in [1.807, 2.05) is 12.1 Å². The van der Waals surface area contributed by atoms with Crippen LogP contribution >= 0.6 is 0 Å². The lowest BCUT2D eigenvalue weighted by molar-refractivity contribution is -0.121. The number of rotatable bonds is 1. The average Bonchev–Trinajstić information content (AvgIpc) is 3.38. The van der Waals surface area contributed by atoms with Gasteiger partial charge < -0.3 is 20.6 Å².